The Labute approximate surface area is 150 Å². The molecule has 134 valence electrons. The van der Waals surface area contributed by atoms with Crippen molar-refractivity contribution < 1.29 is 9.53 Å². The van der Waals surface area contributed by atoms with Gasteiger partial charge in [0, 0.05) is 44.3 Å². The molecule has 3 aromatic rings. The van der Waals surface area contributed by atoms with Crippen LogP contribution < -0.4 is 15.6 Å². The van der Waals surface area contributed by atoms with Crippen molar-refractivity contribution in [2.75, 3.05) is 7.11 Å². The van der Waals surface area contributed by atoms with Gasteiger partial charge in [0.2, 0.25) is 0 Å². The second-order valence-electron chi connectivity index (χ2n) is 5.94. The largest absolute Gasteiger partial charge is 0.497 e. The third-order valence-corrected chi connectivity index (χ3v) is 4.19. The Kier molecular flexibility index (Phi) is 4.88. The van der Waals surface area contributed by atoms with Gasteiger partial charge in [0.1, 0.15) is 17.6 Å². The minimum atomic E-state index is -0.485. The molecule has 1 N–H and O–H groups in total. The van der Waals surface area contributed by atoms with Crippen molar-refractivity contribution in [3.8, 4) is 5.75 Å². The highest BCUT2D eigenvalue weighted by Gasteiger charge is 2.22. The lowest BCUT2D eigenvalue weighted by Gasteiger charge is -2.20. The number of imidazole rings is 1. The first kappa shape index (κ1) is 17.5. The molecule has 1 unspecified atom stereocenters. The fourth-order valence-corrected chi connectivity index (χ4v) is 2.68. The SMILES string of the molecule is COc1cccc(C(NC(=O)c2ccn(C)c(=O)c2)c2nccn2C)c1. The van der Waals surface area contributed by atoms with Gasteiger partial charge in [-0.2, -0.15) is 0 Å². The van der Waals surface area contributed by atoms with Crippen molar-refractivity contribution in [2.24, 2.45) is 14.1 Å². The van der Waals surface area contributed by atoms with E-state index in [1.807, 2.05) is 42.1 Å². The topological polar surface area (TPSA) is 78.2 Å². The summed E-state index contributed by atoms with van der Waals surface area (Å²) in [6.45, 7) is 0. The van der Waals surface area contributed by atoms with Crippen LogP contribution in [0.5, 0.6) is 5.75 Å². The number of carbonyl (C=O) groups excluding carboxylic acids is 1. The quantitative estimate of drug-likeness (QED) is 0.757. The van der Waals surface area contributed by atoms with Gasteiger partial charge in [0.15, 0.2) is 0 Å². The van der Waals surface area contributed by atoms with Crippen LogP contribution >= 0.6 is 0 Å². The number of amides is 1. The van der Waals surface area contributed by atoms with Crippen molar-refractivity contribution >= 4 is 5.91 Å². The summed E-state index contributed by atoms with van der Waals surface area (Å²) in [7, 11) is 5.09. The zero-order valence-electron chi connectivity index (χ0n) is 14.8. The van der Waals surface area contributed by atoms with Gasteiger partial charge in [-0.3, -0.25) is 9.59 Å². The van der Waals surface area contributed by atoms with Gasteiger partial charge < -0.3 is 19.2 Å². The lowest BCUT2D eigenvalue weighted by molar-refractivity contribution is 0.0940. The van der Waals surface area contributed by atoms with Crippen LogP contribution in [0.4, 0.5) is 0 Å². The minimum absolute atomic E-state index is 0.243. The summed E-state index contributed by atoms with van der Waals surface area (Å²) in [6.07, 6.45) is 5.05. The number of pyridine rings is 1. The minimum Gasteiger partial charge on any atom is -0.497 e. The van der Waals surface area contributed by atoms with E-state index < -0.39 is 6.04 Å². The van der Waals surface area contributed by atoms with Crippen LogP contribution in [-0.4, -0.2) is 27.1 Å². The second kappa shape index (κ2) is 7.26. The Hall–Kier alpha value is -3.35. The summed E-state index contributed by atoms with van der Waals surface area (Å²) in [4.78, 5) is 28.9. The fourth-order valence-electron chi connectivity index (χ4n) is 2.68. The van der Waals surface area contributed by atoms with Gasteiger partial charge in [-0.1, -0.05) is 12.1 Å². The molecule has 0 saturated heterocycles. The third kappa shape index (κ3) is 3.51. The van der Waals surface area contributed by atoms with Crippen molar-refractivity contribution in [1.29, 1.82) is 0 Å². The monoisotopic (exact) mass is 352 g/mol. The summed E-state index contributed by atoms with van der Waals surface area (Å²) >= 11 is 0. The number of hydrogen-bond acceptors (Lipinski definition) is 4. The molecule has 0 fully saturated rings. The summed E-state index contributed by atoms with van der Waals surface area (Å²) in [5, 5.41) is 2.96. The number of benzene rings is 1. The van der Waals surface area contributed by atoms with Crippen LogP contribution in [0, 0.1) is 0 Å². The summed E-state index contributed by atoms with van der Waals surface area (Å²) in [6, 6.07) is 9.88. The normalized spacial score (nSPS) is 11.8. The number of aromatic nitrogens is 3. The highest BCUT2D eigenvalue weighted by atomic mass is 16.5. The Balaban J connectivity index is 1.98. The Morgan fingerprint density at radius 3 is 2.62 bits per heavy atom. The second-order valence-corrected chi connectivity index (χ2v) is 5.94. The molecule has 26 heavy (non-hydrogen) atoms. The molecular formula is C19H20N4O3. The molecule has 0 spiro atoms. The number of aryl methyl sites for hydroxylation is 2. The third-order valence-electron chi connectivity index (χ3n) is 4.19. The lowest BCUT2D eigenvalue weighted by atomic mass is 10.0. The molecule has 7 nitrogen and oxygen atoms in total. The molecule has 1 amide bonds. The smallest absolute Gasteiger partial charge is 0.252 e. The van der Waals surface area contributed by atoms with E-state index >= 15 is 0 Å². The van der Waals surface area contributed by atoms with E-state index in [4.69, 9.17) is 4.74 Å². The molecule has 2 heterocycles. The number of methoxy groups -OCH3 is 1. The number of rotatable bonds is 5. The lowest BCUT2D eigenvalue weighted by Crippen LogP contribution is -2.32. The van der Waals surface area contributed by atoms with Crippen LogP contribution in [0.25, 0.3) is 0 Å². The maximum atomic E-state index is 12.7. The van der Waals surface area contributed by atoms with Crippen LogP contribution in [0.2, 0.25) is 0 Å². The summed E-state index contributed by atoms with van der Waals surface area (Å²) in [5.41, 5.74) is 0.888. The van der Waals surface area contributed by atoms with Crippen molar-refractivity contribution in [3.05, 3.63) is 82.3 Å². The van der Waals surface area contributed by atoms with Gasteiger partial charge in [0.25, 0.3) is 11.5 Å². The van der Waals surface area contributed by atoms with Crippen molar-refractivity contribution in [1.82, 2.24) is 19.4 Å². The van der Waals surface area contributed by atoms with E-state index in [2.05, 4.69) is 10.3 Å². The van der Waals surface area contributed by atoms with Gasteiger partial charge in [-0.25, -0.2) is 4.98 Å². The standard InChI is InChI=1S/C19H20N4O3/c1-22-9-7-14(12-16(22)24)19(25)21-17(18-20-8-10-23(18)2)13-5-4-6-15(11-13)26-3/h4-12,17H,1-3H3,(H,21,25). The van der Waals surface area contributed by atoms with E-state index in [1.165, 1.54) is 10.6 Å². The predicted molar refractivity (Wildman–Crippen MR) is 97.2 cm³/mol. The molecule has 1 atom stereocenters. The number of hydrogen-bond donors (Lipinski definition) is 1. The average Bonchev–Trinajstić information content (AvgIpc) is 3.07. The molecule has 0 aliphatic carbocycles. The van der Waals surface area contributed by atoms with Crippen molar-refractivity contribution in [3.63, 3.8) is 0 Å². The maximum Gasteiger partial charge on any atom is 0.252 e. The Bertz CT molecular complexity index is 990. The molecule has 0 aliphatic heterocycles. The first-order chi connectivity index (χ1) is 12.5. The predicted octanol–water partition coefficient (Wildman–Crippen LogP) is 1.65. The van der Waals surface area contributed by atoms with Crippen molar-refractivity contribution in [2.45, 2.75) is 6.04 Å². The van der Waals surface area contributed by atoms with Gasteiger partial charge >= 0.3 is 0 Å². The van der Waals surface area contributed by atoms with E-state index in [0.29, 0.717) is 17.1 Å². The molecule has 7 heteroatoms. The molecular weight excluding hydrogens is 332 g/mol. The zero-order valence-corrected chi connectivity index (χ0v) is 14.8. The zero-order chi connectivity index (χ0) is 18.7. The highest BCUT2D eigenvalue weighted by molar-refractivity contribution is 5.94. The molecule has 3 rings (SSSR count). The number of nitrogens with zero attached hydrogens (tertiary/aromatic N) is 3. The fraction of sp³-hybridized carbons (Fsp3) is 0.211. The Morgan fingerprint density at radius 1 is 1.15 bits per heavy atom. The molecule has 1 aromatic carbocycles. The van der Waals surface area contributed by atoms with E-state index in [-0.39, 0.29) is 11.5 Å². The van der Waals surface area contributed by atoms with Crippen LogP contribution in [0.3, 0.4) is 0 Å². The van der Waals surface area contributed by atoms with Gasteiger partial charge in [-0.05, 0) is 23.8 Å². The van der Waals surface area contributed by atoms with Gasteiger partial charge in [0.05, 0.1) is 7.11 Å². The number of nitrogens with one attached hydrogen (secondary N) is 1. The van der Waals surface area contributed by atoms with Crippen LogP contribution in [0.1, 0.15) is 27.8 Å². The number of carbonyl (C=O) groups is 1. The first-order valence-electron chi connectivity index (χ1n) is 8.08. The van der Waals surface area contributed by atoms with Gasteiger partial charge in [-0.15, -0.1) is 0 Å². The highest BCUT2D eigenvalue weighted by Crippen LogP contribution is 2.24. The Morgan fingerprint density at radius 2 is 1.96 bits per heavy atom. The summed E-state index contributed by atoms with van der Waals surface area (Å²) < 4.78 is 8.54. The van der Waals surface area contributed by atoms with E-state index in [9.17, 15) is 9.59 Å². The van der Waals surface area contributed by atoms with Crippen LogP contribution in [-0.2, 0) is 14.1 Å². The molecule has 0 saturated carbocycles. The molecule has 0 bridgehead atoms. The van der Waals surface area contributed by atoms with E-state index in [1.54, 1.807) is 32.6 Å². The van der Waals surface area contributed by atoms with E-state index in [0.717, 1.165) is 5.56 Å². The maximum absolute atomic E-state index is 12.7. The molecule has 0 aliphatic rings. The average molecular weight is 352 g/mol. The summed E-state index contributed by atoms with van der Waals surface area (Å²) in [5.74, 6) is 1.01. The number of ether oxygens (including phenoxy) is 1. The molecule has 0 radical (unpaired) electrons. The van der Waals surface area contributed by atoms with Crippen LogP contribution in [0.15, 0.2) is 59.8 Å². The molecule has 2 aromatic heterocycles. The first-order valence-corrected chi connectivity index (χ1v) is 8.08.